The van der Waals surface area contributed by atoms with Gasteiger partial charge in [-0.3, -0.25) is 4.79 Å². The SMILES string of the molecule is O=[C]C1(OC(=O)c2ccccc2)C=CC=CC1. The smallest absolute Gasteiger partial charge is 0.339 e. The highest BCUT2D eigenvalue weighted by Crippen LogP contribution is 2.21. The van der Waals surface area contributed by atoms with Crippen LogP contribution in [-0.4, -0.2) is 17.9 Å². The minimum absolute atomic E-state index is 0.325. The van der Waals surface area contributed by atoms with Gasteiger partial charge in [-0.2, -0.15) is 0 Å². The summed E-state index contributed by atoms with van der Waals surface area (Å²) >= 11 is 0. The van der Waals surface area contributed by atoms with Crippen molar-refractivity contribution in [2.24, 2.45) is 0 Å². The van der Waals surface area contributed by atoms with Crippen LogP contribution < -0.4 is 0 Å². The number of ether oxygens (including phenoxy) is 1. The first kappa shape index (κ1) is 11.3. The number of hydrogen-bond acceptors (Lipinski definition) is 3. The molecule has 0 aliphatic heterocycles. The molecule has 1 aliphatic carbocycles. The summed E-state index contributed by atoms with van der Waals surface area (Å²) in [7, 11) is 0. The zero-order valence-electron chi connectivity index (χ0n) is 9.13. The van der Waals surface area contributed by atoms with E-state index in [-0.39, 0.29) is 0 Å². The zero-order chi connectivity index (χ0) is 12.1. The van der Waals surface area contributed by atoms with Crippen molar-refractivity contribution in [2.75, 3.05) is 0 Å². The van der Waals surface area contributed by atoms with Gasteiger partial charge in [0.2, 0.25) is 0 Å². The first-order valence-electron chi connectivity index (χ1n) is 5.28. The Morgan fingerprint density at radius 1 is 1.24 bits per heavy atom. The minimum atomic E-state index is -1.28. The lowest BCUT2D eigenvalue weighted by molar-refractivity contribution is 0.0259. The molecule has 0 spiro atoms. The number of hydrogen-bond donors (Lipinski definition) is 0. The predicted octanol–water partition coefficient (Wildman–Crippen LogP) is 2.21. The molecule has 1 atom stereocenters. The zero-order valence-corrected chi connectivity index (χ0v) is 9.13. The third-order valence-corrected chi connectivity index (χ3v) is 2.49. The quantitative estimate of drug-likeness (QED) is 0.743. The highest BCUT2D eigenvalue weighted by molar-refractivity contribution is 5.91. The Kier molecular flexibility index (Phi) is 3.19. The van der Waals surface area contributed by atoms with Crippen LogP contribution in [0.25, 0.3) is 0 Å². The number of allylic oxidation sites excluding steroid dienone is 2. The third kappa shape index (κ3) is 2.50. The van der Waals surface area contributed by atoms with E-state index in [2.05, 4.69) is 0 Å². The molecular weight excluding hydrogens is 216 g/mol. The van der Waals surface area contributed by atoms with Crippen molar-refractivity contribution in [3.63, 3.8) is 0 Å². The van der Waals surface area contributed by atoms with E-state index >= 15 is 0 Å². The molecule has 0 aromatic heterocycles. The monoisotopic (exact) mass is 227 g/mol. The Morgan fingerprint density at radius 3 is 2.59 bits per heavy atom. The fourth-order valence-electron chi connectivity index (χ4n) is 1.57. The lowest BCUT2D eigenvalue weighted by Gasteiger charge is -2.24. The number of benzene rings is 1. The van der Waals surface area contributed by atoms with E-state index in [0.717, 1.165) is 0 Å². The van der Waals surface area contributed by atoms with Gasteiger partial charge in [-0.15, -0.1) is 0 Å². The summed E-state index contributed by atoms with van der Waals surface area (Å²) in [6, 6.07) is 8.57. The van der Waals surface area contributed by atoms with Crippen molar-refractivity contribution in [3.05, 3.63) is 60.2 Å². The standard InChI is InChI=1S/C14H11O3/c15-11-14(9-5-2-6-10-14)17-13(16)12-7-3-1-4-8-12/h1-9H,10H2. The van der Waals surface area contributed by atoms with Crippen molar-refractivity contribution in [3.8, 4) is 0 Å². The Balaban J connectivity index is 2.15. The number of esters is 1. The topological polar surface area (TPSA) is 43.4 Å². The van der Waals surface area contributed by atoms with Crippen LogP contribution in [0.2, 0.25) is 0 Å². The van der Waals surface area contributed by atoms with Crippen molar-refractivity contribution in [2.45, 2.75) is 12.0 Å². The molecule has 85 valence electrons. The van der Waals surface area contributed by atoms with E-state index in [1.807, 2.05) is 6.07 Å². The van der Waals surface area contributed by atoms with Gasteiger partial charge in [-0.25, -0.2) is 4.79 Å². The first-order valence-corrected chi connectivity index (χ1v) is 5.28. The molecule has 0 saturated heterocycles. The maximum Gasteiger partial charge on any atom is 0.339 e. The molecule has 17 heavy (non-hydrogen) atoms. The molecule has 3 nitrogen and oxygen atoms in total. The third-order valence-electron chi connectivity index (χ3n) is 2.49. The molecule has 1 aromatic rings. The van der Waals surface area contributed by atoms with Crippen LogP contribution in [0.3, 0.4) is 0 Å². The summed E-state index contributed by atoms with van der Waals surface area (Å²) in [6.45, 7) is 0. The second-order valence-corrected chi connectivity index (χ2v) is 3.74. The summed E-state index contributed by atoms with van der Waals surface area (Å²) < 4.78 is 5.21. The van der Waals surface area contributed by atoms with Crippen LogP contribution in [0.1, 0.15) is 16.8 Å². The molecule has 3 heteroatoms. The van der Waals surface area contributed by atoms with Gasteiger partial charge in [-0.05, 0) is 18.2 Å². The van der Waals surface area contributed by atoms with Crippen LogP contribution in [-0.2, 0) is 9.53 Å². The predicted molar refractivity (Wildman–Crippen MR) is 63.2 cm³/mol. The Bertz CT molecular complexity index is 474. The van der Waals surface area contributed by atoms with E-state index in [1.54, 1.807) is 54.9 Å². The summed E-state index contributed by atoms with van der Waals surface area (Å²) in [5, 5.41) is 0. The Hall–Kier alpha value is -2.16. The van der Waals surface area contributed by atoms with Gasteiger partial charge in [0.1, 0.15) is 0 Å². The maximum absolute atomic E-state index is 11.8. The van der Waals surface area contributed by atoms with E-state index in [1.165, 1.54) is 0 Å². The van der Waals surface area contributed by atoms with Crippen LogP contribution >= 0.6 is 0 Å². The molecule has 0 fully saturated rings. The van der Waals surface area contributed by atoms with Crippen molar-refractivity contribution < 1.29 is 14.3 Å². The summed E-state index contributed by atoms with van der Waals surface area (Å²) in [6.07, 6.45) is 8.89. The highest BCUT2D eigenvalue weighted by atomic mass is 16.6. The normalized spacial score (nSPS) is 22.1. The fraction of sp³-hybridized carbons (Fsp3) is 0.143. The Morgan fingerprint density at radius 2 is 2.00 bits per heavy atom. The largest absolute Gasteiger partial charge is 0.442 e. The lowest BCUT2D eigenvalue weighted by Crippen LogP contribution is -2.35. The molecule has 0 N–H and O–H groups in total. The minimum Gasteiger partial charge on any atom is -0.442 e. The molecule has 1 unspecified atom stereocenters. The molecule has 0 bridgehead atoms. The fourth-order valence-corrected chi connectivity index (χ4v) is 1.57. The van der Waals surface area contributed by atoms with Crippen LogP contribution in [0.5, 0.6) is 0 Å². The Labute approximate surface area is 99.4 Å². The average Bonchev–Trinajstić information content (AvgIpc) is 2.41. The molecule has 1 aromatic carbocycles. The van der Waals surface area contributed by atoms with Gasteiger partial charge >= 0.3 is 5.97 Å². The van der Waals surface area contributed by atoms with Crippen LogP contribution in [0, 0.1) is 0 Å². The van der Waals surface area contributed by atoms with Gasteiger partial charge in [0.15, 0.2) is 5.60 Å². The van der Waals surface area contributed by atoms with Gasteiger partial charge < -0.3 is 4.74 Å². The summed E-state index contributed by atoms with van der Waals surface area (Å²) in [4.78, 5) is 22.8. The average molecular weight is 227 g/mol. The number of rotatable bonds is 3. The van der Waals surface area contributed by atoms with E-state index in [0.29, 0.717) is 12.0 Å². The molecular formula is C14H11O3. The van der Waals surface area contributed by atoms with Crippen molar-refractivity contribution in [1.29, 1.82) is 0 Å². The second kappa shape index (κ2) is 4.78. The first-order chi connectivity index (χ1) is 8.26. The van der Waals surface area contributed by atoms with E-state index < -0.39 is 11.6 Å². The molecule has 0 saturated carbocycles. The molecule has 2 rings (SSSR count). The highest BCUT2D eigenvalue weighted by Gasteiger charge is 2.32. The van der Waals surface area contributed by atoms with Crippen LogP contribution in [0.4, 0.5) is 0 Å². The van der Waals surface area contributed by atoms with Gasteiger partial charge in [-0.1, -0.05) is 36.4 Å². The molecule has 1 radical (unpaired) electrons. The van der Waals surface area contributed by atoms with Crippen molar-refractivity contribution >= 4 is 12.3 Å². The molecule has 1 aliphatic rings. The van der Waals surface area contributed by atoms with Crippen LogP contribution in [0.15, 0.2) is 54.6 Å². The number of carbonyl (C=O) groups excluding carboxylic acids is 2. The van der Waals surface area contributed by atoms with Gasteiger partial charge in [0.05, 0.1) is 5.56 Å². The lowest BCUT2D eigenvalue weighted by atomic mass is 9.97. The summed E-state index contributed by atoms with van der Waals surface area (Å²) in [5.74, 6) is -0.520. The van der Waals surface area contributed by atoms with Crippen molar-refractivity contribution in [1.82, 2.24) is 0 Å². The van der Waals surface area contributed by atoms with E-state index in [9.17, 15) is 9.59 Å². The molecule has 0 heterocycles. The number of carbonyl (C=O) groups is 1. The maximum atomic E-state index is 11.8. The van der Waals surface area contributed by atoms with Gasteiger partial charge in [0, 0.05) is 6.42 Å². The molecule has 0 amide bonds. The van der Waals surface area contributed by atoms with E-state index in [4.69, 9.17) is 4.74 Å². The second-order valence-electron chi connectivity index (χ2n) is 3.74. The van der Waals surface area contributed by atoms with Gasteiger partial charge in [0.25, 0.3) is 6.29 Å². The summed E-state index contributed by atoms with van der Waals surface area (Å²) in [5.41, 5.74) is -0.855.